The number of nitrogens with one attached hydrogen (secondary N) is 2. The summed E-state index contributed by atoms with van der Waals surface area (Å²) in [6.45, 7) is 8.90. The van der Waals surface area contributed by atoms with Crippen molar-refractivity contribution in [1.82, 2.24) is 20.4 Å². The lowest BCUT2D eigenvalue weighted by Crippen LogP contribution is -2.58. The van der Waals surface area contributed by atoms with E-state index < -0.39 is 5.60 Å². The lowest BCUT2D eigenvalue weighted by molar-refractivity contribution is -0.121. The standard InChI is InChI=1S/C22H32N4O5/c1-15-14-25(21(29)31-22(2,3)4)10-11-26(15)20(28)23-13-19(27)24-17-9-12-30-18-8-6-5-7-16(17)18/h5-8,15,17H,9-14H2,1-4H3,(H,23,28)(H,24,27). The average molecular weight is 433 g/mol. The Bertz CT molecular complexity index is 822. The van der Waals surface area contributed by atoms with Gasteiger partial charge in [-0.2, -0.15) is 0 Å². The van der Waals surface area contributed by atoms with Crippen molar-refractivity contribution in [2.45, 2.75) is 51.8 Å². The summed E-state index contributed by atoms with van der Waals surface area (Å²) in [7, 11) is 0. The highest BCUT2D eigenvalue weighted by Gasteiger charge is 2.32. The molecule has 2 aliphatic heterocycles. The molecule has 0 aromatic heterocycles. The molecule has 1 aromatic rings. The summed E-state index contributed by atoms with van der Waals surface area (Å²) in [5.41, 5.74) is 0.382. The van der Waals surface area contributed by atoms with E-state index >= 15 is 0 Å². The van der Waals surface area contributed by atoms with Crippen LogP contribution in [0, 0.1) is 0 Å². The van der Waals surface area contributed by atoms with E-state index in [-0.39, 0.29) is 36.7 Å². The van der Waals surface area contributed by atoms with E-state index in [4.69, 9.17) is 9.47 Å². The zero-order valence-electron chi connectivity index (χ0n) is 18.6. The number of urea groups is 1. The molecule has 1 saturated heterocycles. The Labute approximate surface area is 183 Å². The van der Waals surface area contributed by atoms with Gasteiger partial charge in [0.25, 0.3) is 0 Å². The minimum Gasteiger partial charge on any atom is -0.493 e. The Morgan fingerprint density at radius 3 is 2.65 bits per heavy atom. The van der Waals surface area contributed by atoms with E-state index in [1.807, 2.05) is 52.0 Å². The fraction of sp³-hybridized carbons (Fsp3) is 0.591. The molecule has 1 aromatic carbocycles. The minimum absolute atomic E-state index is 0.114. The third-order valence-electron chi connectivity index (χ3n) is 5.23. The lowest BCUT2D eigenvalue weighted by atomic mass is 10.0. The molecule has 4 amide bonds. The van der Waals surface area contributed by atoms with Crippen LogP contribution in [-0.4, -0.2) is 72.3 Å². The van der Waals surface area contributed by atoms with Crippen LogP contribution >= 0.6 is 0 Å². The maximum Gasteiger partial charge on any atom is 0.410 e. The second-order valence-electron chi connectivity index (χ2n) is 8.92. The van der Waals surface area contributed by atoms with Gasteiger partial charge in [0.15, 0.2) is 0 Å². The van der Waals surface area contributed by atoms with Crippen molar-refractivity contribution >= 4 is 18.0 Å². The van der Waals surface area contributed by atoms with Crippen molar-refractivity contribution in [3.05, 3.63) is 29.8 Å². The SMILES string of the molecule is CC1CN(C(=O)OC(C)(C)C)CCN1C(=O)NCC(=O)NC1CCOc2ccccc21. The third-order valence-corrected chi connectivity index (χ3v) is 5.23. The fourth-order valence-electron chi connectivity index (χ4n) is 3.75. The van der Waals surface area contributed by atoms with E-state index in [0.29, 0.717) is 32.7 Å². The van der Waals surface area contributed by atoms with Gasteiger partial charge < -0.3 is 29.9 Å². The smallest absolute Gasteiger partial charge is 0.410 e. The highest BCUT2D eigenvalue weighted by atomic mass is 16.6. The number of hydrogen-bond donors (Lipinski definition) is 2. The highest BCUT2D eigenvalue weighted by Crippen LogP contribution is 2.31. The zero-order valence-corrected chi connectivity index (χ0v) is 18.6. The average Bonchev–Trinajstić information content (AvgIpc) is 2.71. The Morgan fingerprint density at radius 1 is 1.19 bits per heavy atom. The quantitative estimate of drug-likeness (QED) is 0.763. The first-order chi connectivity index (χ1) is 14.6. The number of benzene rings is 1. The number of carbonyl (C=O) groups excluding carboxylic acids is 3. The van der Waals surface area contributed by atoms with Crippen molar-refractivity contribution in [3.63, 3.8) is 0 Å². The van der Waals surface area contributed by atoms with Gasteiger partial charge in [0.05, 0.1) is 19.2 Å². The number of fused-ring (bicyclic) bond motifs is 1. The molecule has 0 aliphatic carbocycles. The first kappa shape index (κ1) is 22.7. The number of piperazine rings is 1. The summed E-state index contributed by atoms with van der Waals surface area (Å²) < 4.78 is 11.0. The maximum atomic E-state index is 12.6. The van der Waals surface area contributed by atoms with Gasteiger partial charge >= 0.3 is 12.1 Å². The summed E-state index contributed by atoms with van der Waals surface area (Å²) in [5, 5.41) is 5.65. The molecule has 2 unspecified atom stereocenters. The molecule has 0 radical (unpaired) electrons. The number of para-hydroxylation sites is 1. The normalized spacial score (nSPS) is 20.9. The summed E-state index contributed by atoms with van der Waals surface area (Å²) >= 11 is 0. The Morgan fingerprint density at radius 2 is 1.94 bits per heavy atom. The van der Waals surface area contributed by atoms with Crippen LogP contribution in [0.4, 0.5) is 9.59 Å². The number of carbonyl (C=O) groups is 3. The van der Waals surface area contributed by atoms with E-state index in [1.165, 1.54) is 0 Å². The van der Waals surface area contributed by atoms with Crippen molar-refractivity contribution in [3.8, 4) is 5.75 Å². The third kappa shape index (κ3) is 6.02. The molecule has 2 heterocycles. The summed E-state index contributed by atoms with van der Waals surface area (Å²) in [5.74, 6) is 0.523. The van der Waals surface area contributed by atoms with Crippen molar-refractivity contribution in [1.29, 1.82) is 0 Å². The van der Waals surface area contributed by atoms with Gasteiger partial charge in [-0.15, -0.1) is 0 Å². The molecule has 31 heavy (non-hydrogen) atoms. The van der Waals surface area contributed by atoms with Gasteiger partial charge in [-0.25, -0.2) is 9.59 Å². The van der Waals surface area contributed by atoms with Gasteiger partial charge in [0, 0.05) is 37.7 Å². The predicted molar refractivity (Wildman–Crippen MR) is 115 cm³/mol. The van der Waals surface area contributed by atoms with E-state index in [2.05, 4.69) is 10.6 Å². The summed E-state index contributed by atoms with van der Waals surface area (Å²) in [6, 6.07) is 6.98. The fourth-order valence-corrected chi connectivity index (χ4v) is 3.75. The molecule has 3 rings (SSSR count). The van der Waals surface area contributed by atoms with Crippen molar-refractivity contribution in [2.75, 3.05) is 32.8 Å². The monoisotopic (exact) mass is 432 g/mol. The Hall–Kier alpha value is -2.97. The minimum atomic E-state index is -0.562. The summed E-state index contributed by atoms with van der Waals surface area (Å²) in [4.78, 5) is 40.5. The second kappa shape index (κ2) is 9.45. The van der Waals surface area contributed by atoms with Gasteiger partial charge in [0.1, 0.15) is 11.4 Å². The van der Waals surface area contributed by atoms with Crippen LogP contribution in [0.15, 0.2) is 24.3 Å². The number of ether oxygens (including phenoxy) is 2. The Kier molecular flexibility index (Phi) is 6.92. The number of hydrogen-bond acceptors (Lipinski definition) is 5. The van der Waals surface area contributed by atoms with Crippen molar-refractivity contribution < 1.29 is 23.9 Å². The highest BCUT2D eigenvalue weighted by molar-refractivity contribution is 5.84. The van der Waals surface area contributed by atoms with Crippen LogP contribution in [0.3, 0.4) is 0 Å². The molecular formula is C22H32N4O5. The maximum absolute atomic E-state index is 12.6. The van der Waals surface area contributed by atoms with Crippen LogP contribution in [0.2, 0.25) is 0 Å². The molecule has 2 aliphatic rings. The molecule has 2 atom stereocenters. The van der Waals surface area contributed by atoms with Crippen LogP contribution in [0.1, 0.15) is 45.7 Å². The molecule has 0 saturated carbocycles. The topological polar surface area (TPSA) is 100 Å². The van der Waals surface area contributed by atoms with Gasteiger partial charge in [-0.3, -0.25) is 4.79 Å². The Balaban J connectivity index is 1.46. The molecular weight excluding hydrogens is 400 g/mol. The second-order valence-corrected chi connectivity index (χ2v) is 8.92. The number of nitrogens with zero attached hydrogens (tertiary/aromatic N) is 2. The van der Waals surface area contributed by atoms with Crippen LogP contribution < -0.4 is 15.4 Å². The first-order valence-electron chi connectivity index (χ1n) is 10.7. The zero-order chi connectivity index (χ0) is 22.6. The van der Waals surface area contributed by atoms with E-state index in [9.17, 15) is 14.4 Å². The number of amides is 4. The molecule has 9 heteroatoms. The van der Waals surface area contributed by atoms with Crippen LogP contribution in [-0.2, 0) is 9.53 Å². The number of rotatable bonds is 3. The van der Waals surface area contributed by atoms with Crippen LogP contribution in [0.5, 0.6) is 5.75 Å². The molecule has 9 nitrogen and oxygen atoms in total. The van der Waals surface area contributed by atoms with E-state index in [1.54, 1.807) is 9.80 Å². The largest absolute Gasteiger partial charge is 0.493 e. The first-order valence-corrected chi connectivity index (χ1v) is 10.7. The molecule has 0 bridgehead atoms. The molecule has 170 valence electrons. The molecule has 0 spiro atoms. The van der Waals surface area contributed by atoms with Crippen molar-refractivity contribution in [2.24, 2.45) is 0 Å². The predicted octanol–water partition coefficient (Wildman–Crippen LogP) is 2.28. The van der Waals surface area contributed by atoms with Gasteiger partial charge in [-0.05, 0) is 33.8 Å². The van der Waals surface area contributed by atoms with Crippen LogP contribution in [0.25, 0.3) is 0 Å². The van der Waals surface area contributed by atoms with Gasteiger partial charge in [-0.1, -0.05) is 18.2 Å². The summed E-state index contributed by atoms with van der Waals surface area (Å²) in [6.07, 6.45) is 0.302. The van der Waals surface area contributed by atoms with E-state index in [0.717, 1.165) is 11.3 Å². The molecule has 1 fully saturated rings. The van der Waals surface area contributed by atoms with Gasteiger partial charge in [0.2, 0.25) is 5.91 Å². The lowest BCUT2D eigenvalue weighted by Gasteiger charge is -2.40. The molecule has 2 N–H and O–H groups in total.